The van der Waals surface area contributed by atoms with E-state index in [-0.39, 0.29) is 9.92 Å². The standard InChI is InChI=1S/C10H10ClNO4S/c11-7-3-1-2-4-8(7)17(15,16)12-10(5-6-10)9(13)14/h1-4,12H,5-6H2,(H,13,14). The summed E-state index contributed by atoms with van der Waals surface area (Å²) < 4.78 is 26.1. The molecule has 1 fully saturated rings. The fourth-order valence-electron chi connectivity index (χ4n) is 1.46. The molecule has 0 unspecified atom stereocenters. The van der Waals surface area contributed by atoms with E-state index >= 15 is 0 Å². The van der Waals surface area contributed by atoms with Crippen molar-refractivity contribution in [2.75, 3.05) is 0 Å². The van der Waals surface area contributed by atoms with Crippen LogP contribution in [0.5, 0.6) is 0 Å². The molecule has 7 heteroatoms. The fourth-order valence-corrected chi connectivity index (χ4v) is 3.40. The molecule has 1 aliphatic carbocycles. The van der Waals surface area contributed by atoms with Crippen LogP contribution in [0.4, 0.5) is 0 Å². The van der Waals surface area contributed by atoms with Crippen LogP contribution in [0.15, 0.2) is 29.2 Å². The summed E-state index contributed by atoms with van der Waals surface area (Å²) in [5.41, 5.74) is -1.35. The average Bonchev–Trinajstić information content (AvgIpc) is 2.98. The highest BCUT2D eigenvalue weighted by Gasteiger charge is 2.53. The van der Waals surface area contributed by atoms with Crippen LogP contribution in [0, 0.1) is 0 Å². The second-order valence-electron chi connectivity index (χ2n) is 3.92. The van der Waals surface area contributed by atoms with E-state index in [9.17, 15) is 13.2 Å². The molecule has 2 rings (SSSR count). The summed E-state index contributed by atoms with van der Waals surface area (Å²) in [4.78, 5) is 10.8. The van der Waals surface area contributed by atoms with E-state index in [0.717, 1.165) is 0 Å². The highest BCUT2D eigenvalue weighted by molar-refractivity contribution is 7.89. The maximum absolute atomic E-state index is 12.0. The largest absolute Gasteiger partial charge is 0.480 e. The minimum absolute atomic E-state index is 0.0705. The third-order valence-corrected chi connectivity index (χ3v) is 4.65. The lowest BCUT2D eigenvalue weighted by molar-refractivity contribution is -0.140. The molecule has 0 spiro atoms. The number of halogens is 1. The maximum Gasteiger partial charge on any atom is 0.324 e. The molecule has 1 aromatic rings. The van der Waals surface area contributed by atoms with E-state index in [4.69, 9.17) is 16.7 Å². The Morgan fingerprint density at radius 3 is 2.41 bits per heavy atom. The van der Waals surface area contributed by atoms with Crippen LogP contribution >= 0.6 is 11.6 Å². The summed E-state index contributed by atoms with van der Waals surface area (Å²) in [6.07, 6.45) is 0.595. The van der Waals surface area contributed by atoms with Crippen LogP contribution < -0.4 is 4.72 Å². The summed E-state index contributed by atoms with van der Waals surface area (Å²) in [7, 11) is -3.89. The van der Waals surface area contributed by atoms with E-state index in [2.05, 4.69) is 4.72 Å². The van der Waals surface area contributed by atoms with Gasteiger partial charge in [0.1, 0.15) is 10.4 Å². The Kier molecular flexibility index (Phi) is 2.89. The molecular formula is C10H10ClNO4S. The monoisotopic (exact) mass is 275 g/mol. The van der Waals surface area contributed by atoms with Crippen molar-refractivity contribution in [1.82, 2.24) is 4.72 Å². The Bertz CT molecular complexity index is 565. The minimum Gasteiger partial charge on any atom is -0.480 e. The zero-order valence-corrected chi connectivity index (χ0v) is 10.3. The third kappa shape index (κ3) is 2.29. The number of carbonyl (C=O) groups is 1. The number of carboxylic acid groups (broad SMARTS) is 1. The lowest BCUT2D eigenvalue weighted by Crippen LogP contribution is -2.43. The minimum atomic E-state index is -3.89. The Morgan fingerprint density at radius 2 is 1.94 bits per heavy atom. The first-order valence-electron chi connectivity index (χ1n) is 4.89. The van der Waals surface area contributed by atoms with Gasteiger partial charge in [-0.3, -0.25) is 4.79 Å². The van der Waals surface area contributed by atoms with Crippen LogP contribution in [0.2, 0.25) is 5.02 Å². The second-order valence-corrected chi connectivity index (χ2v) is 5.98. The molecular weight excluding hydrogens is 266 g/mol. The van der Waals surface area contributed by atoms with Crippen molar-refractivity contribution in [1.29, 1.82) is 0 Å². The summed E-state index contributed by atoms with van der Waals surface area (Å²) in [5, 5.41) is 8.99. The predicted octanol–water partition coefficient (Wildman–Crippen LogP) is 1.24. The molecule has 2 N–H and O–H groups in total. The van der Waals surface area contributed by atoms with Crippen molar-refractivity contribution in [2.24, 2.45) is 0 Å². The van der Waals surface area contributed by atoms with Crippen LogP contribution in [-0.2, 0) is 14.8 Å². The Morgan fingerprint density at radius 1 is 1.35 bits per heavy atom. The first-order valence-corrected chi connectivity index (χ1v) is 6.75. The molecule has 0 aromatic heterocycles. The quantitative estimate of drug-likeness (QED) is 0.866. The smallest absolute Gasteiger partial charge is 0.324 e. The van der Waals surface area contributed by atoms with E-state index in [1.54, 1.807) is 6.07 Å². The fraction of sp³-hybridized carbons (Fsp3) is 0.300. The van der Waals surface area contributed by atoms with Crippen LogP contribution in [-0.4, -0.2) is 25.0 Å². The number of hydrogen-bond acceptors (Lipinski definition) is 3. The molecule has 0 atom stereocenters. The van der Waals surface area contributed by atoms with Crippen molar-refractivity contribution in [3.8, 4) is 0 Å². The molecule has 0 amide bonds. The SMILES string of the molecule is O=C(O)C1(NS(=O)(=O)c2ccccc2Cl)CC1. The summed E-state index contributed by atoms with van der Waals surface area (Å²) in [5.74, 6) is -1.16. The molecule has 17 heavy (non-hydrogen) atoms. The highest BCUT2D eigenvalue weighted by Crippen LogP contribution is 2.37. The van der Waals surface area contributed by atoms with Gasteiger partial charge >= 0.3 is 5.97 Å². The van der Waals surface area contributed by atoms with Gasteiger partial charge in [0.25, 0.3) is 0 Å². The Labute approximate surface area is 103 Å². The highest BCUT2D eigenvalue weighted by atomic mass is 35.5. The number of hydrogen-bond donors (Lipinski definition) is 2. The molecule has 0 heterocycles. The van der Waals surface area contributed by atoms with E-state index < -0.39 is 21.5 Å². The van der Waals surface area contributed by atoms with Gasteiger partial charge in [0.2, 0.25) is 10.0 Å². The van der Waals surface area contributed by atoms with Crippen molar-refractivity contribution in [3.63, 3.8) is 0 Å². The van der Waals surface area contributed by atoms with Crippen LogP contribution in [0.1, 0.15) is 12.8 Å². The molecule has 0 aliphatic heterocycles. The lowest BCUT2D eigenvalue weighted by Gasteiger charge is -2.13. The second kappa shape index (κ2) is 3.97. The molecule has 0 bridgehead atoms. The van der Waals surface area contributed by atoms with Crippen molar-refractivity contribution in [2.45, 2.75) is 23.3 Å². The van der Waals surface area contributed by atoms with Crippen molar-refractivity contribution >= 4 is 27.6 Å². The number of nitrogens with one attached hydrogen (secondary N) is 1. The van der Waals surface area contributed by atoms with Gasteiger partial charge in [-0.15, -0.1) is 0 Å². The van der Waals surface area contributed by atoms with Gasteiger partial charge in [-0.2, -0.15) is 4.72 Å². The number of aliphatic carboxylic acids is 1. The normalized spacial score (nSPS) is 17.7. The molecule has 92 valence electrons. The summed E-state index contributed by atoms with van der Waals surface area (Å²) in [6.45, 7) is 0. The van der Waals surface area contributed by atoms with E-state index in [1.807, 2.05) is 0 Å². The number of benzene rings is 1. The van der Waals surface area contributed by atoms with E-state index in [0.29, 0.717) is 12.8 Å². The predicted molar refractivity (Wildman–Crippen MR) is 61.4 cm³/mol. The lowest BCUT2D eigenvalue weighted by atomic mass is 10.3. The number of rotatable bonds is 4. The van der Waals surface area contributed by atoms with E-state index in [1.165, 1.54) is 18.2 Å². The topological polar surface area (TPSA) is 83.5 Å². The summed E-state index contributed by atoms with van der Waals surface area (Å²) in [6, 6.07) is 5.91. The Hall–Kier alpha value is -1.11. The molecule has 0 saturated heterocycles. The van der Waals surface area contributed by atoms with Gasteiger partial charge in [0, 0.05) is 0 Å². The summed E-state index contributed by atoms with van der Waals surface area (Å²) >= 11 is 5.77. The maximum atomic E-state index is 12.0. The van der Waals surface area contributed by atoms with Gasteiger partial charge in [0.05, 0.1) is 5.02 Å². The number of carboxylic acids is 1. The van der Waals surface area contributed by atoms with Gasteiger partial charge in [-0.1, -0.05) is 23.7 Å². The Balaban J connectivity index is 2.33. The average molecular weight is 276 g/mol. The van der Waals surface area contributed by atoms with Crippen LogP contribution in [0.25, 0.3) is 0 Å². The molecule has 0 radical (unpaired) electrons. The van der Waals surface area contributed by atoms with Gasteiger partial charge in [-0.05, 0) is 25.0 Å². The van der Waals surface area contributed by atoms with Gasteiger partial charge in [0.15, 0.2) is 0 Å². The van der Waals surface area contributed by atoms with Crippen molar-refractivity contribution in [3.05, 3.63) is 29.3 Å². The van der Waals surface area contributed by atoms with Crippen LogP contribution in [0.3, 0.4) is 0 Å². The van der Waals surface area contributed by atoms with Gasteiger partial charge < -0.3 is 5.11 Å². The first kappa shape index (κ1) is 12.3. The molecule has 1 aromatic carbocycles. The zero-order valence-electron chi connectivity index (χ0n) is 8.68. The molecule has 5 nitrogen and oxygen atoms in total. The zero-order chi connectivity index (χ0) is 12.7. The first-order chi connectivity index (χ1) is 7.87. The molecule has 1 aliphatic rings. The van der Waals surface area contributed by atoms with Crippen molar-refractivity contribution < 1.29 is 18.3 Å². The number of sulfonamides is 1. The molecule has 1 saturated carbocycles. The van der Waals surface area contributed by atoms with Gasteiger partial charge in [-0.25, -0.2) is 8.42 Å². The third-order valence-electron chi connectivity index (χ3n) is 2.62.